The van der Waals surface area contributed by atoms with Crippen LogP contribution in [0.3, 0.4) is 0 Å². The van der Waals surface area contributed by atoms with Crippen LogP contribution in [0.15, 0.2) is 47.4 Å². The maximum Gasteiger partial charge on any atom is 0.331 e. The minimum atomic E-state index is -3.83. The molecule has 0 bridgehead atoms. The molecular formula is C14H16O4S. The van der Waals surface area contributed by atoms with Gasteiger partial charge in [-0.1, -0.05) is 24.8 Å². The molecule has 1 unspecified atom stereocenters. The van der Waals surface area contributed by atoms with Gasteiger partial charge in [0.05, 0.1) is 12.0 Å². The number of hydrogen-bond acceptors (Lipinski definition) is 4. The van der Waals surface area contributed by atoms with Gasteiger partial charge < -0.3 is 4.74 Å². The highest BCUT2D eigenvalue weighted by Crippen LogP contribution is 2.44. The summed E-state index contributed by atoms with van der Waals surface area (Å²) in [5, 5.41) is 0. The van der Waals surface area contributed by atoms with Crippen molar-refractivity contribution in [1.82, 2.24) is 0 Å². The first-order valence-electron chi connectivity index (χ1n) is 6.03. The zero-order valence-corrected chi connectivity index (χ0v) is 11.6. The molecule has 102 valence electrons. The summed E-state index contributed by atoms with van der Waals surface area (Å²) < 4.78 is 28.7. The van der Waals surface area contributed by atoms with Gasteiger partial charge in [-0.05, 0) is 37.0 Å². The lowest BCUT2D eigenvalue weighted by atomic mass is 10.0. The van der Waals surface area contributed by atoms with Crippen LogP contribution in [0.1, 0.15) is 19.3 Å². The summed E-state index contributed by atoms with van der Waals surface area (Å²) in [6.45, 7) is 3.79. The van der Waals surface area contributed by atoms with Crippen LogP contribution in [0.5, 0.6) is 0 Å². The number of methoxy groups -OCH3 is 1. The normalized spacial score (nSPS) is 23.3. The van der Waals surface area contributed by atoms with E-state index in [9.17, 15) is 13.2 Å². The number of rotatable bonds is 3. The maximum atomic E-state index is 12.8. The van der Waals surface area contributed by atoms with Gasteiger partial charge >= 0.3 is 5.97 Å². The molecule has 0 saturated heterocycles. The average molecular weight is 280 g/mol. The minimum Gasteiger partial charge on any atom is -0.468 e. The monoisotopic (exact) mass is 280 g/mol. The van der Waals surface area contributed by atoms with E-state index in [0.717, 1.165) is 0 Å². The van der Waals surface area contributed by atoms with E-state index in [0.29, 0.717) is 18.4 Å². The Bertz CT molecular complexity index is 604. The maximum absolute atomic E-state index is 12.8. The fourth-order valence-corrected chi connectivity index (χ4v) is 4.69. The molecule has 1 atom stereocenters. The Morgan fingerprint density at radius 2 is 1.95 bits per heavy atom. The molecule has 0 aliphatic heterocycles. The molecule has 0 spiro atoms. The Hall–Kier alpha value is -1.62. The molecule has 0 N–H and O–H groups in total. The molecule has 0 amide bonds. The second-order valence-electron chi connectivity index (χ2n) is 4.59. The molecule has 2 rings (SSSR count). The van der Waals surface area contributed by atoms with Crippen LogP contribution < -0.4 is 0 Å². The largest absolute Gasteiger partial charge is 0.468 e. The predicted molar refractivity (Wildman–Crippen MR) is 71.4 cm³/mol. The van der Waals surface area contributed by atoms with Crippen molar-refractivity contribution >= 4 is 15.8 Å². The lowest BCUT2D eigenvalue weighted by molar-refractivity contribution is -0.142. The fourth-order valence-electron chi connectivity index (χ4n) is 2.58. The summed E-state index contributed by atoms with van der Waals surface area (Å²) in [7, 11) is -2.63. The van der Waals surface area contributed by atoms with Gasteiger partial charge in [0.15, 0.2) is 14.6 Å². The summed E-state index contributed by atoms with van der Waals surface area (Å²) in [5.41, 5.74) is 0.420. The van der Waals surface area contributed by atoms with Crippen molar-refractivity contribution in [2.24, 2.45) is 0 Å². The van der Waals surface area contributed by atoms with Crippen LogP contribution in [0.2, 0.25) is 0 Å². The van der Waals surface area contributed by atoms with E-state index in [-0.39, 0.29) is 11.3 Å². The highest BCUT2D eigenvalue weighted by molar-refractivity contribution is 7.93. The highest BCUT2D eigenvalue weighted by atomic mass is 32.2. The Morgan fingerprint density at radius 1 is 1.32 bits per heavy atom. The molecule has 1 aliphatic carbocycles. The number of sulfone groups is 1. The number of hydrogen-bond donors (Lipinski definition) is 0. The topological polar surface area (TPSA) is 60.4 Å². The summed E-state index contributed by atoms with van der Waals surface area (Å²) >= 11 is 0. The van der Waals surface area contributed by atoms with Gasteiger partial charge in [-0.25, -0.2) is 13.2 Å². The van der Waals surface area contributed by atoms with Crippen molar-refractivity contribution in [3.8, 4) is 0 Å². The van der Waals surface area contributed by atoms with E-state index in [1.165, 1.54) is 19.2 Å². The van der Waals surface area contributed by atoms with E-state index >= 15 is 0 Å². The first kappa shape index (κ1) is 13.8. The Labute approximate surface area is 113 Å². The number of carbonyl (C=O) groups is 1. The zero-order valence-electron chi connectivity index (χ0n) is 10.8. The molecule has 1 saturated carbocycles. The smallest absolute Gasteiger partial charge is 0.331 e. The summed E-state index contributed by atoms with van der Waals surface area (Å²) in [4.78, 5) is 12.2. The average Bonchev–Trinajstić information content (AvgIpc) is 2.82. The molecular weight excluding hydrogens is 264 g/mol. The number of esters is 1. The molecule has 1 aromatic rings. The number of ether oxygens (including phenoxy) is 1. The van der Waals surface area contributed by atoms with Crippen LogP contribution in [-0.2, 0) is 19.4 Å². The molecule has 0 radical (unpaired) electrons. The quantitative estimate of drug-likeness (QED) is 0.628. The van der Waals surface area contributed by atoms with E-state index in [1.54, 1.807) is 18.2 Å². The highest BCUT2D eigenvalue weighted by Gasteiger charge is 2.56. The van der Waals surface area contributed by atoms with Crippen LogP contribution in [0, 0.1) is 0 Å². The first-order chi connectivity index (χ1) is 8.96. The van der Waals surface area contributed by atoms with Gasteiger partial charge in [-0.2, -0.15) is 0 Å². The predicted octanol–water partition coefficient (Wildman–Crippen LogP) is 2.11. The second kappa shape index (κ2) is 4.81. The van der Waals surface area contributed by atoms with Crippen molar-refractivity contribution in [2.45, 2.75) is 28.9 Å². The van der Waals surface area contributed by atoms with Crippen molar-refractivity contribution in [3.05, 3.63) is 42.5 Å². The van der Waals surface area contributed by atoms with Crippen LogP contribution >= 0.6 is 0 Å². The van der Waals surface area contributed by atoms with Crippen LogP contribution in [-0.4, -0.2) is 26.2 Å². The van der Waals surface area contributed by atoms with Crippen LogP contribution in [0.25, 0.3) is 0 Å². The molecule has 1 fully saturated rings. The van der Waals surface area contributed by atoms with E-state index in [1.807, 2.05) is 0 Å². The third kappa shape index (κ3) is 1.89. The molecule has 1 aromatic carbocycles. The van der Waals surface area contributed by atoms with Gasteiger partial charge in [0.2, 0.25) is 0 Å². The van der Waals surface area contributed by atoms with Crippen molar-refractivity contribution in [3.63, 3.8) is 0 Å². The zero-order chi connectivity index (χ0) is 14.1. The molecule has 5 heteroatoms. The fraction of sp³-hybridized carbons (Fsp3) is 0.357. The Balaban J connectivity index is 2.64. The molecule has 4 nitrogen and oxygen atoms in total. The van der Waals surface area contributed by atoms with Crippen molar-refractivity contribution in [1.29, 1.82) is 0 Å². The van der Waals surface area contributed by atoms with Crippen molar-refractivity contribution in [2.75, 3.05) is 7.11 Å². The summed E-state index contributed by atoms with van der Waals surface area (Å²) in [5.74, 6) is -0.737. The first-order valence-corrected chi connectivity index (χ1v) is 7.51. The molecule has 19 heavy (non-hydrogen) atoms. The number of benzene rings is 1. The Morgan fingerprint density at radius 3 is 2.42 bits per heavy atom. The molecule has 0 aromatic heterocycles. The van der Waals surface area contributed by atoms with Gasteiger partial charge in [-0.15, -0.1) is 0 Å². The minimum absolute atomic E-state index is 0.128. The molecule has 1 aliphatic rings. The van der Waals surface area contributed by atoms with Gasteiger partial charge in [0, 0.05) is 0 Å². The Kier molecular flexibility index (Phi) is 3.49. The standard InChI is InChI=1S/C14H16O4S/c1-11-7-6-10-14(11,13(15)18-2)19(16,17)12-8-4-3-5-9-12/h3-5,8-9H,1,6-7,10H2,2H3. The lowest BCUT2D eigenvalue weighted by Gasteiger charge is -2.27. The van der Waals surface area contributed by atoms with E-state index in [4.69, 9.17) is 4.74 Å². The third-order valence-corrected chi connectivity index (χ3v) is 6.08. The third-order valence-electron chi connectivity index (χ3n) is 3.61. The second-order valence-corrected chi connectivity index (χ2v) is 6.77. The lowest BCUT2D eigenvalue weighted by Crippen LogP contribution is -2.46. The summed E-state index contributed by atoms with van der Waals surface area (Å²) in [6.07, 6.45) is 1.39. The van der Waals surface area contributed by atoms with Gasteiger partial charge in [0.25, 0.3) is 0 Å². The van der Waals surface area contributed by atoms with Crippen LogP contribution in [0.4, 0.5) is 0 Å². The van der Waals surface area contributed by atoms with Crippen molar-refractivity contribution < 1.29 is 17.9 Å². The molecule has 0 heterocycles. The van der Waals surface area contributed by atoms with E-state index < -0.39 is 20.6 Å². The van der Waals surface area contributed by atoms with Gasteiger partial charge in [0.1, 0.15) is 0 Å². The van der Waals surface area contributed by atoms with Gasteiger partial charge in [-0.3, -0.25) is 0 Å². The number of carbonyl (C=O) groups excluding carboxylic acids is 1. The summed E-state index contributed by atoms with van der Waals surface area (Å²) in [6, 6.07) is 7.98. The SMILES string of the molecule is C=C1CCCC1(C(=O)OC)S(=O)(=O)c1ccccc1. The van der Waals surface area contributed by atoms with E-state index in [2.05, 4.69) is 6.58 Å².